The topological polar surface area (TPSA) is 46.6 Å². The summed E-state index contributed by atoms with van der Waals surface area (Å²) in [6.07, 6.45) is 2.09. The highest BCUT2D eigenvalue weighted by molar-refractivity contribution is 6.21. The number of fused-ring (bicyclic) bond motifs is 1. The van der Waals surface area contributed by atoms with Crippen LogP contribution in [-0.4, -0.2) is 36.0 Å². The van der Waals surface area contributed by atoms with E-state index in [1.165, 1.54) is 4.90 Å². The molecule has 0 bridgehead atoms. The number of hydrogen-bond acceptors (Lipinski definition) is 3. The molecule has 21 heavy (non-hydrogen) atoms. The lowest BCUT2D eigenvalue weighted by atomic mass is 10.1. The molecule has 0 aliphatic carbocycles. The third kappa shape index (κ3) is 3.32. The molecule has 2 amide bonds. The van der Waals surface area contributed by atoms with Gasteiger partial charge in [0.1, 0.15) is 6.61 Å². The maximum atomic E-state index is 12.2. The maximum Gasteiger partial charge on any atom is 0.262 e. The van der Waals surface area contributed by atoms with Crippen molar-refractivity contribution in [3.05, 3.63) is 35.4 Å². The third-order valence-electron chi connectivity index (χ3n) is 3.34. The molecule has 2 rings (SSSR count). The molecule has 0 unspecified atom stereocenters. The monoisotopic (exact) mass is 285 g/mol. The molecule has 4 heteroatoms. The van der Waals surface area contributed by atoms with Crippen LogP contribution >= 0.6 is 0 Å². The van der Waals surface area contributed by atoms with Crippen LogP contribution in [0.25, 0.3) is 0 Å². The van der Waals surface area contributed by atoms with Crippen LogP contribution in [0, 0.1) is 11.8 Å². The Balaban J connectivity index is 1.99. The van der Waals surface area contributed by atoms with Gasteiger partial charge in [0.2, 0.25) is 0 Å². The SMILES string of the molecule is CCCCOCC#C[C@@H](C)N1C(=O)c2ccccc2C1=O. The average Bonchev–Trinajstić information content (AvgIpc) is 2.75. The van der Waals surface area contributed by atoms with Gasteiger partial charge in [0, 0.05) is 6.61 Å². The second-order valence-corrected chi connectivity index (χ2v) is 4.93. The van der Waals surface area contributed by atoms with Gasteiger partial charge in [-0.25, -0.2) is 0 Å². The van der Waals surface area contributed by atoms with E-state index in [0.717, 1.165) is 12.8 Å². The molecule has 0 spiro atoms. The highest BCUT2D eigenvalue weighted by Gasteiger charge is 2.37. The second-order valence-electron chi connectivity index (χ2n) is 4.93. The van der Waals surface area contributed by atoms with Crippen LogP contribution in [0.1, 0.15) is 47.4 Å². The minimum absolute atomic E-state index is 0.274. The van der Waals surface area contributed by atoms with Gasteiger partial charge >= 0.3 is 0 Å². The number of amides is 2. The van der Waals surface area contributed by atoms with E-state index in [1.807, 2.05) is 0 Å². The Bertz CT molecular complexity index is 563. The van der Waals surface area contributed by atoms with Crippen LogP contribution in [0.2, 0.25) is 0 Å². The normalized spacial score (nSPS) is 14.7. The van der Waals surface area contributed by atoms with Crippen LogP contribution in [-0.2, 0) is 4.74 Å². The highest BCUT2D eigenvalue weighted by Crippen LogP contribution is 2.23. The quantitative estimate of drug-likeness (QED) is 0.474. The Hall–Kier alpha value is -2.12. The van der Waals surface area contributed by atoms with Gasteiger partial charge in [-0.2, -0.15) is 0 Å². The molecule has 1 atom stereocenters. The molecule has 4 nitrogen and oxygen atoms in total. The van der Waals surface area contributed by atoms with E-state index in [4.69, 9.17) is 4.74 Å². The summed E-state index contributed by atoms with van der Waals surface area (Å²) in [6, 6.07) is 6.40. The molecule has 1 aliphatic heterocycles. The standard InChI is InChI=1S/C17H19NO3/c1-3-4-11-21-12-7-8-13(2)18-16(19)14-9-5-6-10-15(14)17(18)20/h5-6,9-10,13H,3-4,11-12H2,1-2H3/t13-/m1/s1. The molecule has 1 aromatic rings. The minimum Gasteiger partial charge on any atom is -0.369 e. The summed E-state index contributed by atoms with van der Waals surface area (Å²) in [5, 5.41) is 0. The maximum absolute atomic E-state index is 12.2. The highest BCUT2D eigenvalue weighted by atomic mass is 16.5. The van der Waals surface area contributed by atoms with Crippen molar-refractivity contribution in [2.75, 3.05) is 13.2 Å². The Morgan fingerprint density at radius 3 is 2.38 bits per heavy atom. The Labute approximate surface area is 125 Å². The van der Waals surface area contributed by atoms with E-state index in [0.29, 0.717) is 24.3 Å². The second kappa shape index (κ2) is 7.05. The van der Waals surface area contributed by atoms with Gasteiger partial charge in [-0.15, -0.1) is 0 Å². The Kier molecular flexibility index (Phi) is 5.13. The lowest BCUT2D eigenvalue weighted by Gasteiger charge is -2.17. The zero-order chi connectivity index (χ0) is 15.2. The zero-order valence-corrected chi connectivity index (χ0v) is 12.4. The fraction of sp³-hybridized carbons (Fsp3) is 0.412. The first-order chi connectivity index (χ1) is 10.2. The van der Waals surface area contributed by atoms with Crippen LogP contribution in [0.3, 0.4) is 0 Å². The molecule has 1 aromatic carbocycles. The van der Waals surface area contributed by atoms with Crippen molar-refractivity contribution in [1.29, 1.82) is 0 Å². The zero-order valence-electron chi connectivity index (χ0n) is 12.4. The molecule has 0 saturated heterocycles. The van der Waals surface area contributed by atoms with Crippen LogP contribution in [0.15, 0.2) is 24.3 Å². The van der Waals surface area contributed by atoms with Gasteiger partial charge < -0.3 is 4.74 Å². The fourth-order valence-electron chi connectivity index (χ4n) is 2.18. The average molecular weight is 285 g/mol. The molecule has 0 aromatic heterocycles. The number of unbranched alkanes of at least 4 members (excludes halogenated alkanes) is 1. The molecule has 0 fully saturated rings. The number of carbonyl (C=O) groups excluding carboxylic acids is 2. The van der Waals surface area contributed by atoms with Crippen LogP contribution in [0.4, 0.5) is 0 Å². The molecule has 0 N–H and O–H groups in total. The van der Waals surface area contributed by atoms with E-state index in [9.17, 15) is 9.59 Å². The largest absolute Gasteiger partial charge is 0.369 e. The van der Waals surface area contributed by atoms with E-state index in [-0.39, 0.29) is 11.8 Å². The smallest absolute Gasteiger partial charge is 0.262 e. The molecule has 1 heterocycles. The van der Waals surface area contributed by atoms with Crippen molar-refractivity contribution in [2.45, 2.75) is 32.7 Å². The van der Waals surface area contributed by atoms with E-state index >= 15 is 0 Å². The summed E-state index contributed by atoms with van der Waals surface area (Å²) >= 11 is 0. The number of rotatable bonds is 5. The van der Waals surface area contributed by atoms with Crippen LogP contribution in [0.5, 0.6) is 0 Å². The summed E-state index contributed by atoms with van der Waals surface area (Å²) in [5.41, 5.74) is 0.908. The summed E-state index contributed by atoms with van der Waals surface area (Å²) in [7, 11) is 0. The summed E-state index contributed by atoms with van der Waals surface area (Å²) < 4.78 is 5.34. The van der Waals surface area contributed by atoms with E-state index < -0.39 is 6.04 Å². The number of ether oxygens (including phenoxy) is 1. The van der Waals surface area contributed by atoms with Crippen molar-refractivity contribution < 1.29 is 14.3 Å². The number of nitrogens with zero attached hydrogens (tertiary/aromatic N) is 1. The number of hydrogen-bond donors (Lipinski definition) is 0. The number of benzene rings is 1. The molecule has 0 saturated carbocycles. The van der Waals surface area contributed by atoms with Crippen LogP contribution < -0.4 is 0 Å². The van der Waals surface area contributed by atoms with Gasteiger partial charge in [0.15, 0.2) is 0 Å². The lowest BCUT2D eigenvalue weighted by molar-refractivity contribution is 0.0630. The predicted octanol–water partition coefficient (Wildman–Crippen LogP) is 2.49. The van der Waals surface area contributed by atoms with Gasteiger partial charge in [-0.3, -0.25) is 14.5 Å². The van der Waals surface area contributed by atoms with Crippen molar-refractivity contribution in [1.82, 2.24) is 4.90 Å². The molecular formula is C17H19NO3. The molecule has 0 radical (unpaired) electrons. The minimum atomic E-state index is -0.452. The summed E-state index contributed by atoms with van der Waals surface area (Å²) in [5.74, 6) is 5.23. The first-order valence-electron chi connectivity index (χ1n) is 7.20. The van der Waals surface area contributed by atoms with Gasteiger partial charge in [-0.05, 0) is 25.5 Å². The van der Waals surface area contributed by atoms with Crippen molar-refractivity contribution >= 4 is 11.8 Å². The van der Waals surface area contributed by atoms with Gasteiger partial charge in [0.05, 0.1) is 17.2 Å². The van der Waals surface area contributed by atoms with E-state index in [2.05, 4.69) is 18.8 Å². The molecule has 110 valence electrons. The summed E-state index contributed by atoms with van der Waals surface area (Å²) in [6.45, 7) is 4.86. The predicted molar refractivity (Wildman–Crippen MR) is 79.9 cm³/mol. The van der Waals surface area contributed by atoms with E-state index in [1.54, 1.807) is 31.2 Å². The van der Waals surface area contributed by atoms with Gasteiger partial charge in [0.25, 0.3) is 11.8 Å². The first-order valence-corrected chi connectivity index (χ1v) is 7.20. The molecule has 1 aliphatic rings. The van der Waals surface area contributed by atoms with Crippen molar-refractivity contribution in [3.63, 3.8) is 0 Å². The number of imide groups is 1. The van der Waals surface area contributed by atoms with Crippen molar-refractivity contribution in [3.8, 4) is 11.8 Å². The lowest BCUT2D eigenvalue weighted by Crippen LogP contribution is -2.37. The number of carbonyl (C=O) groups is 2. The third-order valence-corrected chi connectivity index (χ3v) is 3.34. The Morgan fingerprint density at radius 1 is 1.19 bits per heavy atom. The fourth-order valence-corrected chi connectivity index (χ4v) is 2.18. The summed E-state index contributed by atoms with van der Waals surface area (Å²) in [4.78, 5) is 25.7. The molecular weight excluding hydrogens is 266 g/mol. The first kappa shape index (κ1) is 15.3. The Morgan fingerprint density at radius 2 is 1.81 bits per heavy atom. The van der Waals surface area contributed by atoms with Gasteiger partial charge in [-0.1, -0.05) is 37.3 Å². The van der Waals surface area contributed by atoms with Crippen molar-refractivity contribution in [2.24, 2.45) is 0 Å².